The minimum atomic E-state index is -0.808. The van der Waals surface area contributed by atoms with Crippen LogP contribution in [0.4, 0.5) is 0 Å². The fraction of sp³-hybridized carbons (Fsp3) is 0.875. The summed E-state index contributed by atoms with van der Waals surface area (Å²) in [7, 11) is 0. The lowest BCUT2D eigenvalue weighted by Gasteiger charge is -2.28. The predicted octanol–water partition coefficient (Wildman–Crippen LogP) is 3.35. The van der Waals surface area contributed by atoms with Gasteiger partial charge in [0.1, 0.15) is 0 Å². The minimum Gasteiger partial charge on any atom is -0.481 e. The first-order valence-corrected chi connectivity index (χ1v) is 8.07. The lowest BCUT2D eigenvalue weighted by Crippen LogP contribution is -2.44. The molecule has 0 aromatic rings. The molecule has 20 heavy (non-hydrogen) atoms. The number of carbonyl (C=O) groups excluding carboxylic acids is 1. The molecule has 4 heteroatoms. The zero-order valence-corrected chi connectivity index (χ0v) is 12.9. The van der Waals surface area contributed by atoms with Crippen molar-refractivity contribution in [2.75, 3.05) is 6.54 Å². The van der Waals surface area contributed by atoms with Crippen molar-refractivity contribution in [2.45, 2.75) is 71.6 Å². The molecule has 0 heterocycles. The second kappa shape index (κ2) is 8.28. The van der Waals surface area contributed by atoms with E-state index in [4.69, 9.17) is 0 Å². The van der Waals surface area contributed by atoms with Crippen LogP contribution in [0.25, 0.3) is 0 Å². The van der Waals surface area contributed by atoms with Gasteiger partial charge >= 0.3 is 5.97 Å². The van der Waals surface area contributed by atoms with Crippen molar-refractivity contribution < 1.29 is 14.7 Å². The van der Waals surface area contributed by atoms with Gasteiger partial charge in [0.2, 0.25) is 5.91 Å². The summed E-state index contributed by atoms with van der Waals surface area (Å²) >= 11 is 0. The summed E-state index contributed by atoms with van der Waals surface area (Å²) in [5, 5.41) is 12.3. The van der Waals surface area contributed by atoms with Crippen LogP contribution < -0.4 is 5.32 Å². The molecule has 0 aromatic heterocycles. The lowest BCUT2D eigenvalue weighted by molar-refractivity contribution is -0.149. The molecule has 0 unspecified atom stereocenters. The van der Waals surface area contributed by atoms with Gasteiger partial charge in [-0.05, 0) is 25.7 Å². The number of amides is 1. The number of carboxylic acids is 1. The quantitative estimate of drug-likeness (QED) is 0.785. The molecule has 4 nitrogen and oxygen atoms in total. The molecule has 0 aliphatic heterocycles. The summed E-state index contributed by atoms with van der Waals surface area (Å²) in [6, 6.07) is 0. The predicted molar refractivity (Wildman–Crippen MR) is 79.5 cm³/mol. The van der Waals surface area contributed by atoms with Gasteiger partial charge in [0, 0.05) is 12.5 Å². The summed E-state index contributed by atoms with van der Waals surface area (Å²) in [6.07, 6.45) is 8.93. The van der Waals surface area contributed by atoms with Gasteiger partial charge in [-0.1, -0.05) is 46.0 Å². The third-order valence-corrected chi connectivity index (χ3v) is 4.88. The molecule has 0 radical (unpaired) electrons. The van der Waals surface area contributed by atoms with E-state index in [-0.39, 0.29) is 18.4 Å². The molecular weight excluding hydrogens is 254 g/mol. The Morgan fingerprint density at radius 3 is 2.00 bits per heavy atom. The average molecular weight is 283 g/mol. The molecule has 0 saturated heterocycles. The van der Waals surface area contributed by atoms with Crippen LogP contribution in [-0.2, 0) is 9.59 Å². The van der Waals surface area contributed by atoms with Gasteiger partial charge in [-0.15, -0.1) is 0 Å². The summed E-state index contributed by atoms with van der Waals surface area (Å²) < 4.78 is 0. The van der Waals surface area contributed by atoms with Crippen LogP contribution in [0.1, 0.15) is 71.6 Å². The van der Waals surface area contributed by atoms with Crippen LogP contribution in [0.15, 0.2) is 0 Å². The molecule has 2 N–H and O–H groups in total. The highest BCUT2D eigenvalue weighted by molar-refractivity contribution is 5.80. The third kappa shape index (κ3) is 4.50. The first kappa shape index (κ1) is 17.0. The standard InChI is InChI=1S/C16H29NO3/c1-3-16(4-2,15(19)20)12-17-14(18)13-10-8-6-5-7-9-11-13/h13H,3-12H2,1-2H3,(H,17,18)(H,19,20). The van der Waals surface area contributed by atoms with Crippen LogP contribution in [0, 0.1) is 11.3 Å². The minimum absolute atomic E-state index is 0.0550. The number of aliphatic carboxylic acids is 1. The van der Waals surface area contributed by atoms with Crippen molar-refractivity contribution in [1.82, 2.24) is 5.32 Å². The summed E-state index contributed by atoms with van der Waals surface area (Å²) in [6.45, 7) is 4.00. The normalized spacial score (nSPS) is 18.1. The number of nitrogens with one attached hydrogen (secondary N) is 1. The molecule has 116 valence electrons. The highest BCUT2D eigenvalue weighted by Crippen LogP contribution is 2.27. The summed E-state index contributed by atoms with van der Waals surface area (Å²) in [4.78, 5) is 23.7. The van der Waals surface area contributed by atoms with E-state index in [0.29, 0.717) is 12.8 Å². The molecular formula is C16H29NO3. The van der Waals surface area contributed by atoms with Crippen LogP contribution in [0.3, 0.4) is 0 Å². The van der Waals surface area contributed by atoms with E-state index < -0.39 is 11.4 Å². The fourth-order valence-electron chi connectivity index (χ4n) is 3.00. The molecule has 1 saturated carbocycles. The monoisotopic (exact) mass is 283 g/mol. The average Bonchev–Trinajstić information content (AvgIpc) is 2.39. The number of rotatable bonds is 6. The highest BCUT2D eigenvalue weighted by atomic mass is 16.4. The zero-order chi connectivity index (χ0) is 15.0. The van der Waals surface area contributed by atoms with Gasteiger partial charge in [-0.2, -0.15) is 0 Å². The second-order valence-electron chi connectivity index (χ2n) is 6.05. The summed E-state index contributed by atoms with van der Waals surface area (Å²) in [5.74, 6) is -0.671. The van der Waals surface area contributed by atoms with E-state index in [2.05, 4.69) is 5.32 Å². The van der Waals surface area contributed by atoms with Crippen molar-refractivity contribution in [3.05, 3.63) is 0 Å². The van der Waals surface area contributed by atoms with E-state index in [1.807, 2.05) is 13.8 Å². The number of carboxylic acid groups (broad SMARTS) is 1. The molecule has 0 bridgehead atoms. The molecule has 1 aliphatic carbocycles. The van der Waals surface area contributed by atoms with Crippen LogP contribution >= 0.6 is 0 Å². The largest absolute Gasteiger partial charge is 0.481 e. The van der Waals surface area contributed by atoms with E-state index in [0.717, 1.165) is 25.7 Å². The van der Waals surface area contributed by atoms with Crippen LogP contribution in [-0.4, -0.2) is 23.5 Å². The van der Waals surface area contributed by atoms with Gasteiger partial charge in [0.05, 0.1) is 5.41 Å². The maximum atomic E-state index is 12.3. The lowest BCUT2D eigenvalue weighted by atomic mass is 9.82. The Bertz CT molecular complexity index is 316. The van der Waals surface area contributed by atoms with Crippen molar-refractivity contribution in [3.63, 3.8) is 0 Å². The third-order valence-electron chi connectivity index (χ3n) is 4.88. The van der Waals surface area contributed by atoms with Gasteiger partial charge < -0.3 is 10.4 Å². The van der Waals surface area contributed by atoms with Crippen LogP contribution in [0.5, 0.6) is 0 Å². The van der Waals surface area contributed by atoms with Gasteiger partial charge in [-0.3, -0.25) is 9.59 Å². The SMILES string of the molecule is CCC(CC)(CNC(=O)C1CCCCCCC1)C(=O)O. The molecule has 0 aromatic carbocycles. The second-order valence-corrected chi connectivity index (χ2v) is 6.05. The van der Waals surface area contributed by atoms with Crippen molar-refractivity contribution in [3.8, 4) is 0 Å². The Morgan fingerprint density at radius 2 is 1.55 bits per heavy atom. The van der Waals surface area contributed by atoms with Gasteiger partial charge in [0.25, 0.3) is 0 Å². The molecule has 1 fully saturated rings. The number of hydrogen-bond donors (Lipinski definition) is 2. The first-order chi connectivity index (χ1) is 9.55. The van der Waals surface area contributed by atoms with Gasteiger partial charge in [-0.25, -0.2) is 0 Å². The Balaban J connectivity index is 2.53. The molecule has 0 atom stereocenters. The summed E-state index contributed by atoms with van der Waals surface area (Å²) in [5.41, 5.74) is -0.808. The Labute approximate surface area is 122 Å². The van der Waals surface area contributed by atoms with E-state index >= 15 is 0 Å². The zero-order valence-electron chi connectivity index (χ0n) is 12.9. The van der Waals surface area contributed by atoms with Crippen LogP contribution in [0.2, 0.25) is 0 Å². The Hall–Kier alpha value is -1.06. The topological polar surface area (TPSA) is 66.4 Å². The Morgan fingerprint density at radius 1 is 1.05 bits per heavy atom. The fourth-order valence-corrected chi connectivity index (χ4v) is 3.00. The smallest absolute Gasteiger partial charge is 0.311 e. The van der Waals surface area contributed by atoms with E-state index in [1.165, 1.54) is 19.3 Å². The van der Waals surface area contributed by atoms with Crippen molar-refractivity contribution in [2.24, 2.45) is 11.3 Å². The first-order valence-electron chi connectivity index (χ1n) is 8.07. The number of hydrogen-bond acceptors (Lipinski definition) is 2. The van der Waals surface area contributed by atoms with Crippen molar-refractivity contribution in [1.29, 1.82) is 0 Å². The maximum absolute atomic E-state index is 12.3. The Kier molecular flexibility index (Phi) is 7.03. The molecule has 1 aliphatic rings. The van der Waals surface area contributed by atoms with E-state index in [1.54, 1.807) is 0 Å². The highest BCUT2D eigenvalue weighted by Gasteiger charge is 2.35. The van der Waals surface area contributed by atoms with Gasteiger partial charge in [0.15, 0.2) is 0 Å². The van der Waals surface area contributed by atoms with Crippen molar-refractivity contribution >= 4 is 11.9 Å². The molecule has 1 amide bonds. The maximum Gasteiger partial charge on any atom is 0.311 e. The molecule has 1 rings (SSSR count). The number of carbonyl (C=O) groups is 2. The molecule has 0 spiro atoms. The van der Waals surface area contributed by atoms with E-state index in [9.17, 15) is 14.7 Å².